The summed E-state index contributed by atoms with van der Waals surface area (Å²) in [5.41, 5.74) is 30.0. The quantitative estimate of drug-likeness (QED) is 0.0696. The van der Waals surface area contributed by atoms with Gasteiger partial charge in [0.25, 0.3) is 0 Å². The third kappa shape index (κ3) is 35.3. The molecule has 8 heterocycles. The fourth-order valence-electron chi connectivity index (χ4n) is 16.0. The Morgan fingerprint density at radius 1 is 0.199 bits per heavy atom. The Labute approximate surface area is 926 Å². The standard InChI is InChI=1S/C30H32NSi.C26H24NSi.2C15H18NSi.4C11H8N.4Ir/c1-30(2,3)27-20-28(31-21-29(27)32(4,5)6)26-18-24(22-13-9-7-10-14-22)17-25(19-26)23-15-11-8-12-16-23;1-28(2,3)26-19-27-25(18-24(26)21-13-8-5-9-14-21)23-16-10-15-22(17-23)20-11-6-4-7-12-20;2*1-12-10-14(13-8-6-5-7-9-13)16-11-15(12)17(2,3)4;4*1-2-6-10(7-3-1)11-8-4-5-9-12-11;;;;/h7-18,20-21H,1-6H3;4-15,17-19H,1-3H3;2*5-8,10-11H,1-4H3;4*1-6,8-9H;;;;/q8*-1;;;;. The Kier molecular flexibility index (Phi) is 46.0. The van der Waals surface area contributed by atoms with Crippen molar-refractivity contribution >= 4 is 53.0 Å². The Morgan fingerprint density at radius 3 is 0.774 bits per heavy atom. The molecule has 0 atom stereocenters. The predicted molar refractivity (Wildman–Crippen MR) is 610 cm³/mol. The Bertz CT molecular complexity index is 6620. The molecule has 0 unspecified atom stereocenters. The maximum absolute atomic E-state index is 4.96. The summed E-state index contributed by atoms with van der Waals surface area (Å²) in [6.45, 7) is 39.7. The molecule has 16 heteroatoms. The van der Waals surface area contributed by atoms with Crippen LogP contribution in [0.5, 0.6) is 0 Å². The summed E-state index contributed by atoms with van der Waals surface area (Å²) >= 11 is 0. The topological polar surface area (TPSA) is 103 Å². The second-order valence-electron chi connectivity index (χ2n) is 39.4. The summed E-state index contributed by atoms with van der Waals surface area (Å²) in [5, 5.41) is 5.72. The van der Waals surface area contributed by atoms with E-state index in [0.29, 0.717) is 0 Å². The molecule has 0 N–H and O–H groups in total. The number of hydrogen-bond donors (Lipinski definition) is 0. The molecule has 0 aliphatic heterocycles. The molecule has 146 heavy (non-hydrogen) atoms. The zero-order valence-electron chi connectivity index (χ0n) is 86.1. The number of rotatable bonds is 16. The maximum Gasteiger partial charge on any atom is 0.0803 e. The number of pyridine rings is 8. The van der Waals surface area contributed by atoms with E-state index in [2.05, 4.69) is 392 Å². The molecule has 744 valence electrons. The van der Waals surface area contributed by atoms with Crippen LogP contribution < -0.4 is 20.7 Å². The molecule has 12 aromatic carbocycles. The molecule has 0 amide bonds. The van der Waals surface area contributed by atoms with Crippen LogP contribution in [0.3, 0.4) is 0 Å². The van der Waals surface area contributed by atoms with Crippen molar-refractivity contribution in [1.82, 2.24) is 39.9 Å². The monoisotopic (exact) mass is 2680 g/mol. The first kappa shape index (κ1) is 117. The number of aromatic nitrogens is 8. The van der Waals surface area contributed by atoms with E-state index in [4.69, 9.17) is 9.97 Å². The second kappa shape index (κ2) is 57.4. The fourth-order valence-corrected chi connectivity index (χ4v) is 22.6. The van der Waals surface area contributed by atoms with Gasteiger partial charge in [-0.25, -0.2) is 0 Å². The van der Waals surface area contributed by atoms with Crippen molar-refractivity contribution in [2.45, 2.75) is 119 Å². The van der Waals surface area contributed by atoms with Gasteiger partial charge in [0.1, 0.15) is 0 Å². The molecule has 0 saturated heterocycles. The smallest absolute Gasteiger partial charge is 0.0803 e. The van der Waals surface area contributed by atoms with Crippen LogP contribution in [-0.4, -0.2) is 72.2 Å². The minimum atomic E-state index is -1.52. The van der Waals surface area contributed by atoms with Crippen molar-refractivity contribution in [3.05, 3.63) is 509 Å². The van der Waals surface area contributed by atoms with Crippen LogP contribution in [0.25, 0.3) is 135 Å². The van der Waals surface area contributed by atoms with E-state index >= 15 is 0 Å². The van der Waals surface area contributed by atoms with E-state index < -0.39 is 32.3 Å². The van der Waals surface area contributed by atoms with Gasteiger partial charge < -0.3 is 34.9 Å². The molecule has 4 radical (unpaired) electrons. The first-order valence-electron chi connectivity index (χ1n) is 48.2. The summed E-state index contributed by atoms with van der Waals surface area (Å²) in [7, 11) is -5.58. The minimum absolute atomic E-state index is 0. The number of nitrogens with zero attached hydrogens (tertiary/aromatic N) is 8. The molecule has 0 spiro atoms. The Balaban J connectivity index is 0.000000190. The molecule has 20 rings (SSSR count). The molecular formula is C130H124Ir4N8Si4-8. The van der Waals surface area contributed by atoms with Crippen LogP contribution in [0.15, 0.2) is 444 Å². The summed E-state index contributed by atoms with van der Waals surface area (Å²) in [6.07, 6.45) is 15.5. The van der Waals surface area contributed by atoms with Gasteiger partial charge in [-0.1, -0.05) is 321 Å². The molecule has 8 aromatic heterocycles. The minimum Gasteiger partial charge on any atom is -0.305 e. The number of aryl methyl sites for hydroxylation is 2. The van der Waals surface area contributed by atoms with Gasteiger partial charge in [0.2, 0.25) is 0 Å². The fraction of sp³-hybridized carbons (Fsp3) is 0.138. The third-order valence-corrected chi connectivity index (χ3v) is 31.6. The van der Waals surface area contributed by atoms with Gasteiger partial charge in [-0.05, 0) is 132 Å². The summed E-state index contributed by atoms with van der Waals surface area (Å²) < 4.78 is 0. The van der Waals surface area contributed by atoms with E-state index in [0.717, 1.165) is 95.6 Å². The van der Waals surface area contributed by atoms with Crippen LogP contribution in [0.2, 0.25) is 78.6 Å². The van der Waals surface area contributed by atoms with Crippen molar-refractivity contribution in [1.29, 1.82) is 0 Å². The van der Waals surface area contributed by atoms with E-state index in [1.54, 1.807) is 24.8 Å². The SMILES string of the molecule is CC(C)(C)c1cc(-c2[c-]c(-c3ccccc3)cc(-c3ccccc3)c2)ncc1[Si](C)(C)C.C[Si](C)(C)c1cnc(-c2[c-]ccc(-c3ccccc3)c2)cc1-c1ccccc1.Cc1cc(-c2[c-]cccc2)ncc1[Si](C)(C)C.Cc1cc(-c2[c-]cccc2)ncc1[Si](C)(C)C.[Ir].[Ir].[Ir].[Ir].[c-]1ccccc1-c1ccccn1.[c-]1ccccc1-c1ccccn1.[c-]1ccccc1-c1ccccn1.[c-]1ccccc1-c1ccccn1. The normalized spacial score (nSPS) is 10.7. The van der Waals surface area contributed by atoms with Gasteiger partial charge in [-0.15, -0.1) is 275 Å². The predicted octanol–water partition coefficient (Wildman–Crippen LogP) is 31.1. The number of benzene rings is 12. The van der Waals surface area contributed by atoms with Crippen LogP contribution in [0, 0.1) is 62.4 Å². The third-order valence-electron chi connectivity index (χ3n) is 23.2. The first-order chi connectivity index (χ1) is 68.5. The largest absolute Gasteiger partial charge is 0.305 e. The van der Waals surface area contributed by atoms with Crippen LogP contribution in [0.4, 0.5) is 0 Å². The molecule has 8 nitrogen and oxygen atoms in total. The van der Waals surface area contributed by atoms with Gasteiger partial charge in [0.05, 0.1) is 32.3 Å². The summed E-state index contributed by atoms with van der Waals surface area (Å²) in [5.74, 6) is 0. The summed E-state index contributed by atoms with van der Waals surface area (Å²) in [4.78, 5) is 35.8. The van der Waals surface area contributed by atoms with Crippen molar-refractivity contribution in [3.63, 3.8) is 0 Å². The van der Waals surface area contributed by atoms with Gasteiger partial charge in [-0.3, -0.25) is 4.98 Å². The molecule has 0 aliphatic rings. The molecular weight excluding hydrogens is 2550 g/mol. The summed E-state index contributed by atoms with van der Waals surface area (Å²) in [6, 6.07) is 159. The van der Waals surface area contributed by atoms with Crippen molar-refractivity contribution in [3.8, 4) is 135 Å². The van der Waals surface area contributed by atoms with Crippen molar-refractivity contribution < 1.29 is 80.4 Å². The van der Waals surface area contributed by atoms with Crippen molar-refractivity contribution in [2.24, 2.45) is 0 Å². The van der Waals surface area contributed by atoms with Crippen LogP contribution >= 0.6 is 0 Å². The molecule has 0 aliphatic carbocycles. The van der Waals surface area contributed by atoms with Gasteiger partial charge in [0.15, 0.2) is 0 Å². The molecule has 0 fully saturated rings. The van der Waals surface area contributed by atoms with E-state index in [1.807, 2.05) is 218 Å². The Morgan fingerprint density at radius 2 is 0.466 bits per heavy atom. The maximum atomic E-state index is 4.96. The van der Waals surface area contributed by atoms with E-state index in [9.17, 15) is 0 Å². The van der Waals surface area contributed by atoms with E-state index in [-0.39, 0.29) is 85.8 Å². The van der Waals surface area contributed by atoms with Gasteiger partial charge in [-0.2, -0.15) is 0 Å². The van der Waals surface area contributed by atoms with Crippen LogP contribution in [-0.2, 0) is 85.8 Å². The zero-order valence-corrected chi connectivity index (χ0v) is 99.6. The second-order valence-corrected chi connectivity index (χ2v) is 59.6. The number of hydrogen-bond acceptors (Lipinski definition) is 8. The van der Waals surface area contributed by atoms with Crippen LogP contribution in [0.1, 0.15) is 37.5 Å². The zero-order chi connectivity index (χ0) is 100. The first-order valence-corrected chi connectivity index (χ1v) is 62.2. The van der Waals surface area contributed by atoms with Gasteiger partial charge in [0, 0.05) is 136 Å². The average Bonchev–Trinajstić information content (AvgIpc) is 0.772. The molecule has 20 aromatic rings. The van der Waals surface area contributed by atoms with E-state index in [1.165, 1.54) is 76.4 Å². The average molecular weight is 2680 g/mol. The Hall–Kier alpha value is -12.7. The molecule has 0 saturated carbocycles. The molecule has 0 bridgehead atoms. The van der Waals surface area contributed by atoms with Gasteiger partial charge >= 0.3 is 0 Å². The van der Waals surface area contributed by atoms with Crippen molar-refractivity contribution in [2.75, 3.05) is 0 Å².